The Morgan fingerprint density at radius 1 is 0.974 bits per heavy atom. The predicted molar refractivity (Wildman–Crippen MR) is 142 cm³/mol. The van der Waals surface area contributed by atoms with Gasteiger partial charge in [-0.2, -0.15) is 0 Å². The number of esters is 1. The molecule has 11 heteroatoms. The molecule has 0 atom stereocenters. The molecule has 1 saturated heterocycles. The quantitative estimate of drug-likeness (QED) is 0.313. The summed E-state index contributed by atoms with van der Waals surface area (Å²) in [5.74, 6) is -2.01. The smallest absolute Gasteiger partial charge is 0.307 e. The standard InChI is InChI=1S/C28H31N5O6/c34-23(39-18-15-33-13-16-38-17-14-33)11-12-29-28(37)25-30-19-22(27(36)32-25)26(35)31-24(20-7-3-1-4-8-20)21-9-5-2-6-10-21/h1-10,19,24H,11-18H2,(H,29,37)(H,31,35)(H,30,32,36). The van der Waals surface area contributed by atoms with Crippen LogP contribution in [0.3, 0.4) is 0 Å². The Hall–Kier alpha value is -4.35. The number of carbonyl (C=O) groups is 3. The van der Waals surface area contributed by atoms with E-state index in [0.717, 1.165) is 30.4 Å². The number of hydrogen-bond acceptors (Lipinski definition) is 8. The molecule has 3 N–H and O–H groups in total. The minimum absolute atomic E-state index is 0.0109. The number of aromatic amines is 1. The molecule has 0 aliphatic carbocycles. The van der Waals surface area contributed by atoms with Crippen molar-refractivity contribution < 1.29 is 23.9 Å². The molecule has 0 unspecified atom stereocenters. The van der Waals surface area contributed by atoms with Crippen LogP contribution in [0.5, 0.6) is 0 Å². The van der Waals surface area contributed by atoms with Gasteiger partial charge in [-0.05, 0) is 11.1 Å². The number of nitrogens with zero attached hydrogens (tertiary/aromatic N) is 2. The van der Waals surface area contributed by atoms with Gasteiger partial charge in [-0.1, -0.05) is 60.7 Å². The van der Waals surface area contributed by atoms with Crippen LogP contribution >= 0.6 is 0 Å². The Balaban J connectivity index is 1.29. The Bertz CT molecular complexity index is 1270. The third-order valence-electron chi connectivity index (χ3n) is 6.19. The molecule has 4 rings (SSSR count). The fourth-order valence-corrected chi connectivity index (χ4v) is 4.08. The molecule has 1 fully saturated rings. The topological polar surface area (TPSA) is 143 Å². The van der Waals surface area contributed by atoms with Crippen LogP contribution in [0.4, 0.5) is 0 Å². The van der Waals surface area contributed by atoms with Crippen molar-refractivity contribution in [3.63, 3.8) is 0 Å². The number of amides is 2. The first-order chi connectivity index (χ1) is 19.0. The largest absolute Gasteiger partial charge is 0.464 e. The molecular weight excluding hydrogens is 502 g/mol. The number of rotatable bonds is 11. The van der Waals surface area contributed by atoms with Gasteiger partial charge in [0.15, 0.2) is 5.82 Å². The average Bonchev–Trinajstić information content (AvgIpc) is 2.97. The number of H-pyrrole nitrogens is 1. The van der Waals surface area contributed by atoms with Crippen molar-refractivity contribution in [1.29, 1.82) is 0 Å². The number of aromatic nitrogens is 2. The van der Waals surface area contributed by atoms with Crippen molar-refractivity contribution in [2.24, 2.45) is 0 Å². The van der Waals surface area contributed by atoms with Crippen LogP contribution in [0.1, 0.15) is 44.6 Å². The predicted octanol–water partition coefficient (Wildman–Crippen LogP) is 1.28. The van der Waals surface area contributed by atoms with E-state index < -0.39 is 29.4 Å². The minimum Gasteiger partial charge on any atom is -0.464 e. The van der Waals surface area contributed by atoms with Gasteiger partial charge in [-0.25, -0.2) is 4.98 Å². The molecule has 0 radical (unpaired) electrons. The second-order valence-corrected chi connectivity index (χ2v) is 8.88. The summed E-state index contributed by atoms with van der Waals surface area (Å²) in [6.45, 7) is 3.86. The summed E-state index contributed by atoms with van der Waals surface area (Å²) in [6, 6.07) is 18.3. The lowest BCUT2D eigenvalue weighted by atomic mass is 9.98. The first-order valence-corrected chi connectivity index (χ1v) is 12.8. The second kappa shape index (κ2) is 14.0. The van der Waals surface area contributed by atoms with Crippen LogP contribution in [0.15, 0.2) is 71.7 Å². The highest BCUT2D eigenvalue weighted by molar-refractivity contribution is 5.95. The Morgan fingerprint density at radius 3 is 2.23 bits per heavy atom. The zero-order valence-corrected chi connectivity index (χ0v) is 21.4. The number of hydrogen-bond donors (Lipinski definition) is 3. The van der Waals surface area contributed by atoms with Crippen LogP contribution in [0.2, 0.25) is 0 Å². The molecule has 204 valence electrons. The van der Waals surface area contributed by atoms with E-state index in [2.05, 4.69) is 25.5 Å². The van der Waals surface area contributed by atoms with E-state index in [-0.39, 0.29) is 31.0 Å². The molecule has 2 amide bonds. The number of ether oxygens (including phenoxy) is 2. The molecule has 0 bridgehead atoms. The fraction of sp³-hybridized carbons (Fsp3) is 0.321. The van der Waals surface area contributed by atoms with Gasteiger partial charge in [0.25, 0.3) is 17.4 Å². The summed E-state index contributed by atoms with van der Waals surface area (Å²) in [6.07, 6.45) is 1.04. The van der Waals surface area contributed by atoms with E-state index in [1.165, 1.54) is 0 Å². The number of nitrogens with one attached hydrogen (secondary N) is 3. The molecule has 2 heterocycles. The van der Waals surface area contributed by atoms with Crippen molar-refractivity contribution in [3.8, 4) is 0 Å². The van der Waals surface area contributed by atoms with E-state index in [1.807, 2.05) is 60.7 Å². The summed E-state index contributed by atoms with van der Waals surface area (Å²) in [5, 5.41) is 5.40. The third-order valence-corrected chi connectivity index (χ3v) is 6.19. The minimum atomic E-state index is -0.755. The van der Waals surface area contributed by atoms with Crippen molar-refractivity contribution in [3.05, 3.63) is 99.7 Å². The average molecular weight is 534 g/mol. The highest BCUT2D eigenvalue weighted by atomic mass is 16.5. The SMILES string of the molecule is O=C(CCNC(=O)c1ncc(C(=O)NC(c2ccccc2)c2ccccc2)c(=O)[nH]1)OCCN1CCOCC1. The zero-order chi connectivity index (χ0) is 27.5. The maximum absolute atomic E-state index is 13.0. The molecule has 1 aliphatic rings. The van der Waals surface area contributed by atoms with Gasteiger partial charge in [-0.15, -0.1) is 0 Å². The normalized spacial score (nSPS) is 13.6. The van der Waals surface area contributed by atoms with Gasteiger partial charge >= 0.3 is 5.97 Å². The molecular formula is C28H31N5O6. The van der Waals surface area contributed by atoms with Gasteiger partial charge in [0.05, 0.1) is 25.7 Å². The molecule has 0 saturated carbocycles. The number of morpholine rings is 1. The van der Waals surface area contributed by atoms with E-state index in [1.54, 1.807) is 0 Å². The summed E-state index contributed by atoms with van der Waals surface area (Å²) < 4.78 is 10.5. The molecule has 1 aliphatic heterocycles. The van der Waals surface area contributed by atoms with Gasteiger partial charge in [0.1, 0.15) is 12.2 Å². The van der Waals surface area contributed by atoms with Crippen molar-refractivity contribution in [1.82, 2.24) is 25.5 Å². The fourth-order valence-electron chi connectivity index (χ4n) is 4.08. The van der Waals surface area contributed by atoms with Crippen LogP contribution in [0, 0.1) is 0 Å². The molecule has 39 heavy (non-hydrogen) atoms. The molecule has 1 aromatic heterocycles. The molecule has 3 aromatic rings. The lowest BCUT2D eigenvalue weighted by molar-refractivity contribution is -0.144. The van der Waals surface area contributed by atoms with Crippen LogP contribution < -0.4 is 16.2 Å². The first kappa shape index (κ1) is 27.7. The molecule has 0 spiro atoms. The van der Waals surface area contributed by atoms with Gasteiger partial charge in [-0.3, -0.25) is 24.1 Å². The Morgan fingerprint density at radius 2 is 1.62 bits per heavy atom. The summed E-state index contributed by atoms with van der Waals surface area (Å²) in [4.78, 5) is 58.4. The molecule has 2 aromatic carbocycles. The zero-order valence-electron chi connectivity index (χ0n) is 21.4. The summed E-state index contributed by atoms with van der Waals surface area (Å²) in [7, 11) is 0. The van der Waals surface area contributed by atoms with Crippen LogP contribution in [0.25, 0.3) is 0 Å². The third kappa shape index (κ3) is 8.06. The van der Waals surface area contributed by atoms with Crippen molar-refractivity contribution in [2.75, 3.05) is 46.0 Å². The number of carbonyl (C=O) groups excluding carboxylic acids is 3. The van der Waals surface area contributed by atoms with Gasteiger partial charge < -0.3 is 25.1 Å². The highest BCUT2D eigenvalue weighted by Crippen LogP contribution is 2.22. The second-order valence-electron chi connectivity index (χ2n) is 8.88. The lowest BCUT2D eigenvalue weighted by Crippen LogP contribution is -2.38. The van der Waals surface area contributed by atoms with Gasteiger partial charge in [0, 0.05) is 32.4 Å². The number of benzene rings is 2. The van der Waals surface area contributed by atoms with Crippen molar-refractivity contribution >= 4 is 17.8 Å². The Kier molecular flexibility index (Phi) is 9.92. The summed E-state index contributed by atoms with van der Waals surface area (Å²) >= 11 is 0. The van der Waals surface area contributed by atoms with Crippen LogP contribution in [-0.4, -0.2) is 78.7 Å². The maximum atomic E-state index is 13.0. The Labute approximate surface area is 225 Å². The van der Waals surface area contributed by atoms with E-state index >= 15 is 0 Å². The van der Waals surface area contributed by atoms with E-state index in [9.17, 15) is 19.2 Å². The first-order valence-electron chi connectivity index (χ1n) is 12.8. The maximum Gasteiger partial charge on any atom is 0.307 e. The van der Waals surface area contributed by atoms with Crippen molar-refractivity contribution in [2.45, 2.75) is 12.5 Å². The van der Waals surface area contributed by atoms with E-state index in [4.69, 9.17) is 9.47 Å². The monoisotopic (exact) mass is 533 g/mol. The van der Waals surface area contributed by atoms with E-state index in [0.29, 0.717) is 19.8 Å². The highest BCUT2D eigenvalue weighted by Gasteiger charge is 2.21. The summed E-state index contributed by atoms with van der Waals surface area (Å²) in [5.41, 5.74) is 0.705. The lowest BCUT2D eigenvalue weighted by Gasteiger charge is -2.26. The van der Waals surface area contributed by atoms with Gasteiger partial charge in [0.2, 0.25) is 0 Å². The molecule has 11 nitrogen and oxygen atoms in total. The van der Waals surface area contributed by atoms with Crippen LogP contribution in [-0.2, 0) is 14.3 Å².